The highest BCUT2D eigenvalue weighted by molar-refractivity contribution is 5.93. The maximum atomic E-state index is 13.5. The lowest BCUT2D eigenvalue weighted by Gasteiger charge is -2.12. The minimum atomic E-state index is -4.99. The minimum Gasteiger partial charge on any atom is -0.368 e. The van der Waals surface area contributed by atoms with E-state index in [9.17, 15) is 35.5 Å². The van der Waals surface area contributed by atoms with Crippen LogP contribution in [0.4, 0.5) is 36.6 Å². The van der Waals surface area contributed by atoms with E-state index in [4.69, 9.17) is 0 Å². The van der Waals surface area contributed by atoms with Crippen LogP contribution in [-0.4, -0.2) is 39.0 Å². The molecule has 0 atom stereocenters. The van der Waals surface area contributed by atoms with Gasteiger partial charge < -0.3 is 10.6 Å². The number of aromatic nitrogens is 4. The highest BCUT2D eigenvalue weighted by Crippen LogP contribution is 2.33. The number of hydrogen-bond acceptors (Lipinski definition) is 5. The lowest BCUT2D eigenvalue weighted by atomic mass is 10.2. The summed E-state index contributed by atoms with van der Waals surface area (Å²) in [4.78, 5) is 15.8. The van der Waals surface area contributed by atoms with Crippen LogP contribution in [0.3, 0.4) is 0 Å². The van der Waals surface area contributed by atoms with Gasteiger partial charge in [0, 0.05) is 19.3 Å². The molecule has 0 aliphatic rings. The van der Waals surface area contributed by atoms with E-state index in [-0.39, 0.29) is 24.6 Å². The van der Waals surface area contributed by atoms with Gasteiger partial charge in [-0.3, -0.25) is 4.79 Å². The van der Waals surface area contributed by atoms with Crippen molar-refractivity contribution in [2.45, 2.75) is 12.4 Å². The molecule has 3 rings (SSSR count). The van der Waals surface area contributed by atoms with Crippen LogP contribution in [0, 0.1) is 5.82 Å². The molecule has 0 fully saturated rings. The van der Waals surface area contributed by atoms with Crippen LogP contribution >= 0.6 is 0 Å². The van der Waals surface area contributed by atoms with Crippen molar-refractivity contribution >= 4 is 11.7 Å². The van der Waals surface area contributed by atoms with E-state index in [1.54, 1.807) is 0 Å². The molecule has 0 radical (unpaired) electrons. The van der Waals surface area contributed by atoms with Crippen LogP contribution in [0.15, 0.2) is 42.6 Å². The van der Waals surface area contributed by atoms with Gasteiger partial charge in [-0.2, -0.15) is 26.3 Å². The van der Waals surface area contributed by atoms with Gasteiger partial charge in [0.25, 0.3) is 5.91 Å². The number of benzene rings is 1. The summed E-state index contributed by atoms with van der Waals surface area (Å²) in [5.41, 5.74) is -3.53. The number of alkyl halides is 6. The van der Waals surface area contributed by atoms with E-state index in [2.05, 4.69) is 25.9 Å². The number of nitrogens with one attached hydrogen (secondary N) is 2. The minimum absolute atomic E-state index is 0.0441. The van der Waals surface area contributed by atoms with Crippen molar-refractivity contribution in [3.8, 4) is 5.69 Å². The molecule has 0 unspecified atom stereocenters. The van der Waals surface area contributed by atoms with Gasteiger partial charge in [0.1, 0.15) is 11.6 Å². The van der Waals surface area contributed by atoms with Gasteiger partial charge in [0.05, 0.1) is 11.3 Å². The first kappa shape index (κ1) is 23.0. The van der Waals surface area contributed by atoms with Gasteiger partial charge in [-0.05, 0) is 36.4 Å². The molecule has 170 valence electrons. The van der Waals surface area contributed by atoms with E-state index in [1.807, 2.05) is 0 Å². The molecule has 2 heterocycles. The summed E-state index contributed by atoms with van der Waals surface area (Å²) in [6.45, 7) is -0.236. The van der Waals surface area contributed by atoms with Crippen LogP contribution in [0.2, 0.25) is 0 Å². The second-order valence-corrected chi connectivity index (χ2v) is 6.29. The molecule has 1 aromatic carbocycles. The summed E-state index contributed by atoms with van der Waals surface area (Å²) in [5.74, 6) is -1.77. The second kappa shape index (κ2) is 8.80. The third kappa shape index (κ3) is 5.31. The summed E-state index contributed by atoms with van der Waals surface area (Å²) in [5, 5.41) is 11.5. The predicted octanol–water partition coefficient (Wildman–Crippen LogP) is 3.68. The average Bonchev–Trinajstić information content (AvgIpc) is 3.17. The van der Waals surface area contributed by atoms with Gasteiger partial charge in [0.2, 0.25) is 0 Å². The molecule has 0 saturated heterocycles. The first-order chi connectivity index (χ1) is 15.0. The molecule has 0 aliphatic heterocycles. The zero-order valence-corrected chi connectivity index (χ0v) is 15.8. The van der Waals surface area contributed by atoms with Crippen LogP contribution in [0.5, 0.6) is 0 Å². The molecular formula is C18H13F7N6O. The Balaban J connectivity index is 1.66. The maximum Gasteiger partial charge on any atom is 0.435 e. The summed E-state index contributed by atoms with van der Waals surface area (Å²) >= 11 is 0. The third-order valence-electron chi connectivity index (χ3n) is 4.03. The van der Waals surface area contributed by atoms with Crippen molar-refractivity contribution in [1.29, 1.82) is 0 Å². The standard InChI is InChI=1S/C18H13F7N6O/c19-11-2-4-12(5-3-11)31-15(18(23,24)25)14(29-30-31)16(32)27-8-7-26-13-6-1-10(9-28-13)17(20,21)22/h1-6,9H,7-8H2,(H,26,28)(H,27,32). The fourth-order valence-corrected chi connectivity index (χ4v) is 2.57. The number of nitrogens with zero attached hydrogens (tertiary/aromatic N) is 4. The highest BCUT2D eigenvalue weighted by Gasteiger charge is 2.42. The Morgan fingerprint density at radius 1 is 0.938 bits per heavy atom. The maximum absolute atomic E-state index is 13.5. The molecule has 3 aromatic rings. The van der Waals surface area contributed by atoms with Crippen LogP contribution < -0.4 is 10.6 Å². The number of halogens is 7. The summed E-state index contributed by atoms with van der Waals surface area (Å²) in [6, 6.07) is 5.82. The van der Waals surface area contributed by atoms with Gasteiger partial charge in [-0.1, -0.05) is 5.21 Å². The number of carbonyl (C=O) groups excluding carboxylic acids is 1. The number of anilines is 1. The fraction of sp³-hybridized carbons (Fsp3) is 0.222. The molecule has 0 bridgehead atoms. The topological polar surface area (TPSA) is 84.7 Å². The van der Waals surface area contributed by atoms with Crippen molar-refractivity contribution in [2.75, 3.05) is 18.4 Å². The van der Waals surface area contributed by atoms with Crippen molar-refractivity contribution < 1.29 is 35.5 Å². The van der Waals surface area contributed by atoms with Crippen molar-refractivity contribution in [1.82, 2.24) is 25.3 Å². The molecule has 2 N–H and O–H groups in total. The first-order valence-corrected chi connectivity index (χ1v) is 8.81. The Morgan fingerprint density at radius 2 is 1.62 bits per heavy atom. The molecule has 2 aromatic heterocycles. The van der Waals surface area contributed by atoms with Crippen LogP contribution in [0.25, 0.3) is 5.69 Å². The smallest absolute Gasteiger partial charge is 0.368 e. The lowest BCUT2D eigenvalue weighted by Crippen LogP contribution is -2.31. The molecule has 1 amide bonds. The molecular weight excluding hydrogens is 449 g/mol. The van der Waals surface area contributed by atoms with Crippen molar-refractivity contribution in [2.24, 2.45) is 0 Å². The Bertz CT molecular complexity index is 1080. The van der Waals surface area contributed by atoms with E-state index in [1.165, 1.54) is 0 Å². The zero-order valence-electron chi connectivity index (χ0n) is 15.8. The summed E-state index contributed by atoms with van der Waals surface area (Å²) < 4.78 is 91.5. The second-order valence-electron chi connectivity index (χ2n) is 6.29. The van der Waals surface area contributed by atoms with Crippen molar-refractivity contribution in [3.63, 3.8) is 0 Å². The normalized spacial score (nSPS) is 12.0. The van der Waals surface area contributed by atoms with Gasteiger partial charge in [0.15, 0.2) is 11.4 Å². The monoisotopic (exact) mass is 462 g/mol. The number of carbonyl (C=O) groups is 1. The third-order valence-corrected chi connectivity index (χ3v) is 4.03. The van der Waals surface area contributed by atoms with E-state index >= 15 is 0 Å². The number of rotatable bonds is 6. The Kier molecular flexibility index (Phi) is 6.32. The first-order valence-electron chi connectivity index (χ1n) is 8.81. The summed E-state index contributed by atoms with van der Waals surface area (Å²) in [7, 11) is 0. The molecule has 7 nitrogen and oxygen atoms in total. The molecule has 32 heavy (non-hydrogen) atoms. The number of pyridine rings is 1. The lowest BCUT2D eigenvalue weighted by molar-refractivity contribution is -0.143. The Morgan fingerprint density at radius 3 is 2.19 bits per heavy atom. The van der Waals surface area contributed by atoms with Gasteiger partial charge in [-0.15, -0.1) is 5.10 Å². The van der Waals surface area contributed by atoms with Crippen LogP contribution in [0.1, 0.15) is 21.7 Å². The zero-order chi connectivity index (χ0) is 23.5. The SMILES string of the molecule is O=C(NCCNc1ccc(C(F)(F)F)cn1)c1nnn(-c2ccc(F)cc2)c1C(F)(F)F. The predicted molar refractivity (Wildman–Crippen MR) is 96.4 cm³/mol. The van der Waals surface area contributed by atoms with E-state index < -0.39 is 41.0 Å². The van der Waals surface area contributed by atoms with Gasteiger partial charge >= 0.3 is 12.4 Å². The van der Waals surface area contributed by atoms with E-state index in [0.717, 1.165) is 36.4 Å². The highest BCUT2D eigenvalue weighted by atomic mass is 19.4. The quantitative estimate of drug-likeness (QED) is 0.431. The molecule has 14 heteroatoms. The van der Waals surface area contributed by atoms with Gasteiger partial charge in [-0.25, -0.2) is 14.1 Å². The summed E-state index contributed by atoms with van der Waals surface area (Å²) in [6.07, 6.45) is -8.92. The molecule has 0 spiro atoms. The van der Waals surface area contributed by atoms with E-state index in [0.29, 0.717) is 10.9 Å². The van der Waals surface area contributed by atoms with Crippen LogP contribution in [-0.2, 0) is 12.4 Å². The molecule has 0 aliphatic carbocycles. The average molecular weight is 462 g/mol. The Hall–Kier alpha value is -3.71. The number of amides is 1. The molecule has 0 saturated carbocycles. The van der Waals surface area contributed by atoms with Crippen molar-refractivity contribution in [3.05, 3.63) is 65.4 Å². The largest absolute Gasteiger partial charge is 0.435 e. The number of hydrogen-bond donors (Lipinski definition) is 2. The Labute approximate surface area is 175 Å². The fourth-order valence-electron chi connectivity index (χ4n) is 2.57.